The van der Waals surface area contributed by atoms with Crippen LogP contribution >= 0.6 is 0 Å². The topological polar surface area (TPSA) is 370 Å². The number of aromatic amines is 1. The molecule has 88 heavy (non-hydrogen) atoms. The van der Waals surface area contributed by atoms with Gasteiger partial charge in [0.15, 0.2) is 5.95 Å². The molecule has 0 spiro atoms. The standard InChI is InChI=1S/C55H74N12O18S2.In/c1-63-34-45(52(75)44-12-3-39(31-47(44)63)32-60-55-57-14-15-58-55)53(76)59-33-46(54(77)78)62-87(81,82)43-10-6-41(7-11-43)40-4-8-42(9-5-40)86(79,80)61-13-2-25-83-27-29-85-30-28-84-26-16-56-48(68)35-64-17-19-65(36-49(69)70)21-23-67(38-51(73)74)24-22-66(20-18-64)37-50(71)72;/h3-12,14-15,31,34,46,61-62H,2,13,16-30,32-33,35-38H2,1H3,(H,56,68)(H,59,76)(H,69,70)(H,71,72)(H,73,74)(H,77,78)(H2,57,58,60);/q;+3/p-3/t46-;/m0./s1. The number of imidazole rings is 1. The average Bonchev–Trinajstić information content (AvgIpc) is 2.11. The Morgan fingerprint density at radius 2 is 1.24 bits per heavy atom. The second kappa shape index (κ2) is 32.5. The molecule has 2 amide bonds. The van der Waals surface area contributed by atoms with Crippen LogP contribution in [-0.4, -0.2) is 258 Å². The smallest absolute Gasteiger partial charge is 0.323 e. The quantitative estimate of drug-likeness (QED) is 0.0277. The first-order valence-corrected chi connectivity index (χ1v) is 35.4. The molecule has 5 heterocycles. The maximum atomic E-state index is 13.4. The predicted octanol–water partition coefficient (Wildman–Crippen LogP) is -1.60. The fraction of sp³-hybridized carbons (Fsp3) is 0.455. The Hall–Kier alpha value is -6.89. The monoisotopic (exact) mass is 1370 g/mol. The van der Waals surface area contributed by atoms with Crippen LogP contribution in [0.25, 0.3) is 22.0 Å². The van der Waals surface area contributed by atoms with Gasteiger partial charge in [0.05, 0.1) is 41.7 Å². The molecule has 30 nitrogen and oxygen atoms in total. The summed E-state index contributed by atoms with van der Waals surface area (Å²) in [6.07, 6.45) is 4.98. The zero-order valence-electron chi connectivity index (χ0n) is 48.4. The van der Waals surface area contributed by atoms with E-state index in [0.29, 0.717) is 87.9 Å². The van der Waals surface area contributed by atoms with Crippen molar-refractivity contribution in [2.24, 2.45) is 7.05 Å². The van der Waals surface area contributed by atoms with E-state index in [1.807, 2.05) is 19.6 Å². The molecule has 3 aliphatic heterocycles. The van der Waals surface area contributed by atoms with Crippen molar-refractivity contribution >= 4 is 95.3 Å². The number of nitrogens with one attached hydrogen (secondary N) is 6. The molecule has 4 bridgehead atoms. The number of carbonyl (C=O) groups is 6. The number of hydrogen-bond acceptors (Lipinski definition) is 23. The molecule has 7 N–H and O–H groups in total. The van der Waals surface area contributed by atoms with E-state index >= 15 is 0 Å². The third-order valence-electron chi connectivity index (χ3n) is 14.3. The number of aromatic nitrogens is 3. The second-order valence-electron chi connectivity index (χ2n) is 20.7. The van der Waals surface area contributed by atoms with Gasteiger partial charge in [-0.2, -0.15) is 4.72 Å². The molecule has 474 valence electrons. The van der Waals surface area contributed by atoms with Gasteiger partial charge in [-0.15, -0.1) is 0 Å². The van der Waals surface area contributed by atoms with Crippen molar-refractivity contribution in [3.63, 3.8) is 0 Å². The number of pyridine rings is 1. The van der Waals surface area contributed by atoms with Gasteiger partial charge >= 0.3 is 197 Å². The molecule has 2 unspecified atom stereocenters. The number of H-pyrrole nitrogens is 1. The zero-order valence-corrected chi connectivity index (χ0v) is 53.3. The van der Waals surface area contributed by atoms with Gasteiger partial charge in [0.1, 0.15) is 11.6 Å². The molecule has 0 saturated carbocycles. The van der Waals surface area contributed by atoms with Crippen LogP contribution in [0.3, 0.4) is 0 Å². The fourth-order valence-corrected chi connectivity index (χ4v) is 14.7. The van der Waals surface area contributed by atoms with Crippen molar-refractivity contribution in [1.29, 1.82) is 0 Å². The number of benzene rings is 3. The molecule has 3 atom stereocenters. The zero-order chi connectivity index (χ0) is 62.6. The fourth-order valence-electron chi connectivity index (χ4n) is 9.52. The van der Waals surface area contributed by atoms with Gasteiger partial charge in [0.25, 0.3) is 5.91 Å². The van der Waals surface area contributed by atoms with E-state index in [-0.39, 0.29) is 106 Å². The van der Waals surface area contributed by atoms with Gasteiger partial charge in [-0.05, 0) is 59.5 Å². The summed E-state index contributed by atoms with van der Waals surface area (Å²) in [5.74, 6) is -3.95. The Kier molecular flexibility index (Phi) is 24.8. The largest absolute Gasteiger partial charge is 0.480 e. The SMILES string of the molecule is Cn1cc(C(=O)NC[C@H](NS(=O)(=O)c2ccc(-c3ccc(S(=O)(=O)NCCCOCCOCCOCCNC(=O)CN4CCN5CCN6CCN(CC4)CC(=O)[O][In]([O]C(=O)C5)[O]C(=O)C6)cc3)cc2)C(=O)O)c(=O)c2ccc(CNc3ncc[nH]3)cc21. The number of carboxylic acid groups (broad SMARTS) is 1. The van der Waals surface area contributed by atoms with Crippen LogP contribution in [-0.2, 0) is 80.4 Å². The van der Waals surface area contributed by atoms with E-state index in [0.717, 1.165) is 5.56 Å². The minimum Gasteiger partial charge on any atom is -0.480 e. The summed E-state index contributed by atoms with van der Waals surface area (Å²) in [7, 11) is -6.69. The molecular formula is C55H71InN12O18S2. The van der Waals surface area contributed by atoms with Crippen LogP contribution in [0.15, 0.2) is 99.9 Å². The van der Waals surface area contributed by atoms with Crippen LogP contribution in [0.5, 0.6) is 0 Å². The third-order valence-corrected chi connectivity index (χ3v) is 21.2. The number of aliphatic carboxylic acids is 1. The maximum absolute atomic E-state index is 13.4. The number of hydrogen-bond donors (Lipinski definition) is 7. The van der Waals surface area contributed by atoms with E-state index < -0.39 is 90.6 Å². The number of carbonyl (C=O) groups excluding carboxylic acids is 5. The summed E-state index contributed by atoms with van der Waals surface area (Å²) in [5, 5.41) is 18.5. The number of carboxylic acids is 1. The normalized spacial score (nSPS) is 18.4. The summed E-state index contributed by atoms with van der Waals surface area (Å²) >= 11 is -4.23. The molecule has 33 heteroatoms. The number of sulfonamides is 2. The number of aryl methyl sites for hydroxylation is 1. The Labute approximate surface area is 516 Å². The van der Waals surface area contributed by atoms with E-state index in [1.165, 1.54) is 42.6 Å². The van der Waals surface area contributed by atoms with Gasteiger partial charge in [-0.25, -0.2) is 26.5 Å². The van der Waals surface area contributed by atoms with Gasteiger partial charge in [-0.3, -0.25) is 14.4 Å². The minimum atomic E-state index is -4.45. The minimum absolute atomic E-state index is 0.0000967. The predicted molar refractivity (Wildman–Crippen MR) is 316 cm³/mol. The molecule has 3 aromatic carbocycles. The van der Waals surface area contributed by atoms with Crippen molar-refractivity contribution in [2.45, 2.75) is 28.8 Å². The first-order chi connectivity index (χ1) is 42.3. The molecule has 5 aromatic rings. The molecule has 3 saturated heterocycles. The summed E-state index contributed by atoms with van der Waals surface area (Å²) in [5.41, 5.74) is 1.62. The molecule has 8 rings (SSSR count). The summed E-state index contributed by atoms with van der Waals surface area (Å²) in [6.45, 7) is 5.37. The number of fused-ring (bicyclic) bond motifs is 8. The number of rotatable bonds is 28. The average molecular weight is 1370 g/mol. The maximum Gasteiger partial charge on any atom is 0.323 e. The van der Waals surface area contributed by atoms with Crippen molar-refractivity contribution in [1.82, 2.24) is 54.2 Å². The summed E-state index contributed by atoms with van der Waals surface area (Å²) in [6, 6.07) is 14.7. The van der Waals surface area contributed by atoms with E-state index in [4.69, 9.17) is 22.8 Å². The van der Waals surface area contributed by atoms with Crippen molar-refractivity contribution < 1.29 is 73.5 Å². The Balaban J connectivity index is 0.680. The second-order valence-corrected chi connectivity index (χ2v) is 27.8. The summed E-state index contributed by atoms with van der Waals surface area (Å²) < 4.78 is 92.0. The number of amides is 2. The van der Waals surface area contributed by atoms with Crippen LogP contribution < -0.4 is 30.8 Å². The van der Waals surface area contributed by atoms with Gasteiger partial charge in [-0.1, -0.05) is 30.3 Å². The van der Waals surface area contributed by atoms with E-state index in [1.54, 1.807) is 54.3 Å². The van der Waals surface area contributed by atoms with Gasteiger partial charge in [0, 0.05) is 57.3 Å². The molecule has 2 aromatic heterocycles. The number of nitrogens with zero attached hydrogens (tertiary/aromatic N) is 6. The summed E-state index contributed by atoms with van der Waals surface area (Å²) in [4.78, 5) is 105. The molecule has 0 aliphatic carbocycles. The van der Waals surface area contributed by atoms with Crippen molar-refractivity contribution in [2.75, 3.05) is 143 Å². The van der Waals surface area contributed by atoms with Crippen LogP contribution in [0.2, 0.25) is 0 Å². The van der Waals surface area contributed by atoms with Crippen LogP contribution in [0.4, 0.5) is 5.95 Å². The molecular weight excluding hydrogens is 1300 g/mol. The third kappa shape index (κ3) is 20.3. The van der Waals surface area contributed by atoms with Crippen LogP contribution in [0.1, 0.15) is 22.3 Å². The van der Waals surface area contributed by atoms with E-state index in [2.05, 4.69) is 35.4 Å². The Bertz CT molecular complexity index is 3480. The molecule has 0 radical (unpaired) electrons. The molecule has 3 fully saturated rings. The van der Waals surface area contributed by atoms with E-state index in [9.17, 15) is 55.5 Å². The Morgan fingerprint density at radius 1 is 0.693 bits per heavy atom. The van der Waals surface area contributed by atoms with Crippen molar-refractivity contribution in [3.8, 4) is 11.1 Å². The first-order valence-electron chi connectivity index (χ1n) is 28.4. The van der Waals surface area contributed by atoms with Crippen LogP contribution in [0, 0.1) is 0 Å². The number of anilines is 1. The molecule has 3 aliphatic rings. The van der Waals surface area contributed by atoms with Gasteiger partial charge < -0.3 is 39.5 Å². The first kappa shape index (κ1) is 67.0. The number of ether oxygens (including phenoxy) is 3. The van der Waals surface area contributed by atoms with Crippen molar-refractivity contribution in [3.05, 3.63) is 107 Å². The Morgan fingerprint density at radius 3 is 1.80 bits per heavy atom. The van der Waals surface area contributed by atoms with Gasteiger partial charge in [0.2, 0.25) is 25.5 Å².